The Hall–Kier alpha value is -2.27. The highest BCUT2D eigenvalue weighted by molar-refractivity contribution is 6.30. The van der Waals surface area contributed by atoms with Crippen molar-refractivity contribution in [3.63, 3.8) is 0 Å². The number of aromatic nitrogens is 2. The smallest absolute Gasteiger partial charge is 0.182 e. The number of pyridine rings is 1. The average molecular weight is 289 g/mol. The number of aryl methyl sites for hydroxylation is 1. The quantitative estimate of drug-likeness (QED) is 0.621. The van der Waals surface area contributed by atoms with Gasteiger partial charge >= 0.3 is 0 Å². The molecule has 3 aromatic rings. The summed E-state index contributed by atoms with van der Waals surface area (Å²) in [5.41, 5.74) is 1.91. The minimum atomic E-state index is -0.348. The van der Waals surface area contributed by atoms with Gasteiger partial charge in [0, 0.05) is 12.3 Å². The van der Waals surface area contributed by atoms with Crippen molar-refractivity contribution in [2.45, 2.75) is 6.92 Å². The number of hydrogen-bond donors (Lipinski definition) is 0. The number of nitrogens with zero attached hydrogens (tertiary/aromatic N) is 4. The highest BCUT2D eigenvalue weighted by Crippen LogP contribution is 2.25. The van der Waals surface area contributed by atoms with Crippen molar-refractivity contribution in [1.82, 2.24) is 9.38 Å². The molecule has 0 radical (unpaired) electrons. The van der Waals surface area contributed by atoms with Crippen LogP contribution in [0.5, 0.6) is 0 Å². The molecule has 0 atom stereocenters. The van der Waals surface area contributed by atoms with Gasteiger partial charge in [-0.3, -0.25) is 4.40 Å². The van der Waals surface area contributed by atoms with Crippen molar-refractivity contribution in [2.24, 2.45) is 10.2 Å². The van der Waals surface area contributed by atoms with Crippen LogP contribution in [-0.4, -0.2) is 9.38 Å². The normalized spacial score (nSPS) is 11.6. The molecule has 20 heavy (non-hydrogen) atoms. The summed E-state index contributed by atoms with van der Waals surface area (Å²) in [6, 6.07) is 9.50. The van der Waals surface area contributed by atoms with Gasteiger partial charge in [0.2, 0.25) is 0 Å². The Morgan fingerprint density at radius 3 is 2.85 bits per heavy atom. The third-order valence-corrected chi connectivity index (χ3v) is 3.02. The lowest BCUT2D eigenvalue weighted by atomic mass is 10.3. The summed E-state index contributed by atoms with van der Waals surface area (Å²) in [5, 5.41) is 8.76. The van der Waals surface area contributed by atoms with Crippen LogP contribution in [0.25, 0.3) is 5.65 Å². The van der Waals surface area contributed by atoms with Gasteiger partial charge in [-0.25, -0.2) is 9.37 Å². The van der Waals surface area contributed by atoms with Gasteiger partial charge in [0.15, 0.2) is 5.82 Å². The molecule has 2 heterocycles. The Labute approximate surface area is 119 Å². The van der Waals surface area contributed by atoms with Crippen LogP contribution in [0.2, 0.25) is 5.02 Å². The molecule has 0 N–H and O–H groups in total. The Morgan fingerprint density at radius 2 is 2.05 bits per heavy atom. The van der Waals surface area contributed by atoms with Gasteiger partial charge in [-0.2, -0.15) is 0 Å². The van der Waals surface area contributed by atoms with E-state index in [0.717, 1.165) is 11.3 Å². The summed E-state index contributed by atoms with van der Waals surface area (Å²) in [7, 11) is 0. The third-order valence-electron chi connectivity index (χ3n) is 2.79. The van der Waals surface area contributed by atoms with Crippen molar-refractivity contribution < 1.29 is 4.39 Å². The fourth-order valence-electron chi connectivity index (χ4n) is 1.89. The highest BCUT2D eigenvalue weighted by atomic mass is 35.5. The number of rotatable bonds is 2. The number of halogens is 2. The van der Waals surface area contributed by atoms with E-state index in [2.05, 4.69) is 15.2 Å². The lowest BCUT2D eigenvalue weighted by Gasteiger charge is -1.97. The molecule has 0 amide bonds. The molecule has 0 saturated heterocycles. The SMILES string of the molecule is Cc1nc2ccc(Cl)cn2c1N=Nc1cccc(F)c1. The van der Waals surface area contributed by atoms with Crippen molar-refractivity contribution in [1.29, 1.82) is 0 Å². The molecule has 0 bridgehead atoms. The minimum absolute atomic E-state index is 0.348. The molecule has 3 rings (SSSR count). The second kappa shape index (κ2) is 5.02. The molecule has 6 heteroatoms. The van der Waals surface area contributed by atoms with Gasteiger partial charge in [-0.1, -0.05) is 17.7 Å². The highest BCUT2D eigenvalue weighted by Gasteiger charge is 2.08. The van der Waals surface area contributed by atoms with Gasteiger partial charge < -0.3 is 0 Å². The predicted molar refractivity (Wildman–Crippen MR) is 75.5 cm³/mol. The van der Waals surface area contributed by atoms with Crippen LogP contribution in [0.1, 0.15) is 5.69 Å². The molecule has 1 aromatic carbocycles. The van der Waals surface area contributed by atoms with Gasteiger partial charge in [0.1, 0.15) is 11.5 Å². The van der Waals surface area contributed by atoms with Crippen molar-refractivity contribution in [3.8, 4) is 0 Å². The van der Waals surface area contributed by atoms with Crippen molar-refractivity contribution in [3.05, 3.63) is 59.1 Å². The summed E-state index contributed by atoms with van der Waals surface area (Å²) < 4.78 is 14.8. The maximum Gasteiger partial charge on any atom is 0.182 e. The number of imidazole rings is 1. The predicted octanol–water partition coefficient (Wildman–Crippen LogP) is 4.85. The number of azo groups is 1. The van der Waals surface area contributed by atoms with E-state index >= 15 is 0 Å². The zero-order valence-corrected chi connectivity index (χ0v) is 11.3. The van der Waals surface area contributed by atoms with Crippen LogP contribution in [0.4, 0.5) is 15.9 Å². The molecular formula is C14H10ClFN4. The van der Waals surface area contributed by atoms with Crippen LogP contribution in [0, 0.1) is 12.7 Å². The standard InChI is InChI=1S/C14H10ClFN4/c1-9-14(19-18-12-4-2-3-11(16)7-12)20-8-10(15)5-6-13(20)17-9/h2-8H,1H3. The number of hydrogen-bond acceptors (Lipinski definition) is 3. The Balaban J connectivity index is 2.06. The second-order valence-electron chi connectivity index (χ2n) is 4.28. The molecule has 2 aromatic heterocycles. The molecule has 0 aliphatic heterocycles. The number of fused-ring (bicyclic) bond motifs is 1. The molecule has 100 valence electrons. The molecule has 0 unspecified atom stereocenters. The van der Waals surface area contributed by atoms with Crippen LogP contribution in [0.15, 0.2) is 52.8 Å². The lowest BCUT2D eigenvalue weighted by molar-refractivity contribution is 0.628. The first-order valence-electron chi connectivity index (χ1n) is 5.95. The first-order chi connectivity index (χ1) is 9.63. The van der Waals surface area contributed by atoms with Gasteiger partial charge in [-0.05, 0) is 31.2 Å². The second-order valence-corrected chi connectivity index (χ2v) is 4.71. The van der Waals surface area contributed by atoms with E-state index in [0.29, 0.717) is 16.5 Å². The van der Waals surface area contributed by atoms with Crippen LogP contribution < -0.4 is 0 Å². The minimum Gasteiger partial charge on any atom is -0.281 e. The summed E-state index contributed by atoms with van der Waals surface area (Å²) in [5.74, 6) is 0.228. The van der Waals surface area contributed by atoms with E-state index < -0.39 is 0 Å². The average Bonchev–Trinajstić information content (AvgIpc) is 2.72. The van der Waals surface area contributed by atoms with E-state index in [4.69, 9.17) is 11.6 Å². The fraction of sp³-hybridized carbons (Fsp3) is 0.0714. The summed E-state index contributed by atoms with van der Waals surface area (Å²) in [4.78, 5) is 4.36. The zero-order chi connectivity index (χ0) is 14.1. The molecule has 0 aliphatic carbocycles. The summed E-state index contributed by atoms with van der Waals surface area (Å²) in [6.07, 6.45) is 1.72. The van der Waals surface area contributed by atoms with Gasteiger partial charge in [0.05, 0.1) is 16.4 Å². The van der Waals surface area contributed by atoms with Crippen molar-refractivity contribution in [2.75, 3.05) is 0 Å². The molecule has 4 nitrogen and oxygen atoms in total. The van der Waals surface area contributed by atoms with Crippen LogP contribution in [0.3, 0.4) is 0 Å². The first-order valence-corrected chi connectivity index (χ1v) is 6.33. The lowest BCUT2D eigenvalue weighted by Crippen LogP contribution is -1.82. The van der Waals surface area contributed by atoms with Crippen LogP contribution in [-0.2, 0) is 0 Å². The monoisotopic (exact) mass is 288 g/mol. The molecule has 0 spiro atoms. The van der Waals surface area contributed by atoms with Gasteiger partial charge in [0.25, 0.3) is 0 Å². The summed E-state index contributed by atoms with van der Waals surface area (Å²) in [6.45, 7) is 1.83. The maximum atomic E-state index is 13.1. The molecule has 0 saturated carbocycles. The van der Waals surface area contributed by atoms with E-state index in [1.54, 1.807) is 34.9 Å². The molecule has 0 fully saturated rings. The first kappa shape index (κ1) is 12.7. The van der Waals surface area contributed by atoms with Crippen LogP contribution >= 0.6 is 11.6 Å². The molecule has 0 aliphatic rings. The Kier molecular flexibility index (Phi) is 3.20. The maximum absolute atomic E-state index is 13.1. The van der Waals surface area contributed by atoms with E-state index in [9.17, 15) is 4.39 Å². The topological polar surface area (TPSA) is 42.0 Å². The zero-order valence-electron chi connectivity index (χ0n) is 10.6. The molecular weight excluding hydrogens is 279 g/mol. The summed E-state index contributed by atoms with van der Waals surface area (Å²) >= 11 is 5.97. The Bertz CT molecular complexity index is 810. The largest absolute Gasteiger partial charge is 0.281 e. The number of benzene rings is 1. The third kappa shape index (κ3) is 2.40. The van der Waals surface area contributed by atoms with E-state index in [-0.39, 0.29) is 5.82 Å². The van der Waals surface area contributed by atoms with Gasteiger partial charge in [-0.15, -0.1) is 10.2 Å². The van der Waals surface area contributed by atoms with Crippen molar-refractivity contribution >= 4 is 28.8 Å². The fourth-order valence-corrected chi connectivity index (χ4v) is 2.05. The van der Waals surface area contributed by atoms with E-state index in [1.165, 1.54) is 12.1 Å². The Morgan fingerprint density at radius 1 is 1.20 bits per heavy atom. The van der Waals surface area contributed by atoms with E-state index in [1.807, 2.05) is 6.92 Å².